The lowest BCUT2D eigenvalue weighted by Crippen LogP contribution is -2.49. The average molecular weight is 223 g/mol. The Morgan fingerprint density at radius 3 is 2.50 bits per heavy atom. The van der Waals surface area contributed by atoms with Crippen molar-refractivity contribution in [2.24, 2.45) is 0 Å². The van der Waals surface area contributed by atoms with Crippen molar-refractivity contribution in [1.82, 2.24) is 5.32 Å². The number of benzene rings is 1. The zero-order valence-electron chi connectivity index (χ0n) is 10.2. The van der Waals surface area contributed by atoms with Crippen molar-refractivity contribution in [3.63, 3.8) is 0 Å². The Kier molecular flexibility index (Phi) is 4.77. The average Bonchev–Trinajstić information content (AvgIpc) is 2.26. The Bertz CT molecular complexity index is 296. The van der Waals surface area contributed by atoms with E-state index in [4.69, 9.17) is 4.74 Å². The first kappa shape index (κ1) is 13.0. The molecule has 90 valence electrons. The van der Waals surface area contributed by atoms with Crippen LogP contribution in [0.4, 0.5) is 0 Å². The molecule has 0 aromatic heterocycles. The van der Waals surface area contributed by atoms with Crippen molar-refractivity contribution >= 4 is 0 Å². The number of para-hydroxylation sites is 1. The minimum atomic E-state index is -0.385. The monoisotopic (exact) mass is 223 g/mol. The first-order valence-corrected chi connectivity index (χ1v) is 5.63. The number of rotatable bonds is 6. The molecule has 0 saturated heterocycles. The molecule has 1 atom stereocenters. The minimum Gasteiger partial charge on any atom is -0.492 e. The molecule has 0 aliphatic heterocycles. The molecule has 0 aliphatic rings. The van der Waals surface area contributed by atoms with Crippen LogP contribution in [-0.4, -0.2) is 29.9 Å². The summed E-state index contributed by atoms with van der Waals surface area (Å²) >= 11 is 0. The van der Waals surface area contributed by atoms with E-state index < -0.39 is 0 Å². The van der Waals surface area contributed by atoms with Crippen molar-refractivity contribution in [2.45, 2.75) is 32.4 Å². The highest BCUT2D eigenvalue weighted by molar-refractivity contribution is 5.20. The van der Waals surface area contributed by atoms with Gasteiger partial charge in [-0.15, -0.1) is 0 Å². The minimum absolute atomic E-state index is 0.278. The number of hydrogen-bond donors (Lipinski definition) is 2. The molecule has 0 amide bonds. The lowest BCUT2D eigenvalue weighted by Gasteiger charge is -2.29. The van der Waals surface area contributed by atoms with Gasteiger partial charge in [0, 0.05) is 12.1 Å². The predicted molar refractivity (Wildman–Crippen MR) is 65.7 cm³/mol. The van der Waals surface area contributed by atoms with Crippen LogP contribution in [-0.2, 0) is 0 Å². The second kappa shape index (κ2) is 5.87. The third-order valence-corrected chi connectivity index (χ3v) is 2.74. The second-order valence-electron chi connectivity index (χ2n) is 4.49. The van der Waals surface area contributed by atoms with Gasteiger partial charge in [-0.05, 0) is 32.9 Å². The maximum absolute atomic E-state index is 9.49. The molecule has 16 heavy (non-hydrogen) atoms. The molecule has 1 aromatic rings. The van der Waals surface area contributed by atoms with Gasteiger partial charge in [0.05, 0.1) is 6.10 Å². The van der Waals surface area contributed by atoms with Crippen molar-refractivity contribution < 1.29 is 9.84 Å². The van der Waals surface area contributed by atoms with Crippen LogP contribution in [0, 0.1) is 0 Å². The number of ether oxygens (including phenoxy) is 1. The Balaban J connectivity index is 2.22. The topological polar surface area (TPSA) is 41.5 Å². The standard InChI is InChI=1S/C13H21NO2/c1-11(15)13(2,3)14-9-10-16-12-7-5-4-6-8-12/h4-8,11,14-15H,9-10H2,1-3H3. The molecule has 1 unspecified atom stereocenters. The second-order valence-corrected chi connectivity index (χ2v) is 4.49. The van der Waals surface area contributed by atoms with E-state index in [9.17, 15) is 5.11 Å². The van der Waals surface area contributed by atoms with E-state index in [-0.39, 0.29) is 11.6 Å². The molecule has 0 radical (unpaired) electrons. The third-order valence-electron chi connectivity index (χ3n) is 2.74. The summed E-state index contributed by atoms with van der Waals surface area (Å²) in [6.45, 7) is 7.04. The summed E-state index contributed by atoms with van der Waals surface area (Å²) in [7, 11) is 0. The van der Waals surface area contributed by atoms with Crippen LogP contribution in [0.1, 0.15) is 20.8 Å². The van der Waals surface area contributed by atoms with Crippen LogP contribution in [0.3, 0.4) is 0 Å². The van der Waals surface area contributed by atoms with Crippen LogP contribution in [0.5, 0.6) is 5.75 Å². The summed E-state index contributed by atoms with van der Waals surface area (Å²) in [5.41, 5.74) is -0.278. The van der Waals surface area contributed by atoms with E-state index in [1.54, 1.807) is 6.92 Å². The largest absolute Gasteiger partial charge is 0.492 e. The fourth-order valence-corrected chi connectivity index (χ4v) is 1.21. The van der Waals surface area contributed by atoms with E-state index in [1.165, 1.54) is 0 Å². The number of nitrogens with one attached hydrogen (secondary N) is 1. The molecule has 0 spiro atoms. The molecule has 0 saturated carbocycles. The Hall–Kier alpha value is -1.06. The van der Waals surface area contributed by atoms with Gasteiger partial charge in [-0.2, -0.15) is 0 Å². The zero-order valence-corrected chi connectivity index (χ0v) is 10.2. The lowest BCUT2D eigenvalue weighted by molar-refractivity contribution is 0.0937. The number of aliphatic hydroxyl groups excluding tert-OH is 1. The van der Waals surface area contributed by atoms with Crippen molar-refractivity contribution in [3.05, 3.63) is 30.3 Å². The van der Waals surface area contributed by atoms with Gasteiger partial charge >= 0.3 is 0 Å². The highest BCUT2D eigenvalue weighted by atomic mass is 16.5. The van der Waals surface area contributed by atoms with Gasteiger partial charge in [0.1, 0.15) is 12.4 Å². The molecule has 1 rings (SSSR count). The molecular formula is C13H21NO2. The molecular weight excluding hydrogens is 202 g/mol. The summed E-state index contributed by atoms with van der Waals surface area (Å²) in [5, 5.41) is 12.7. The van der Waals surface area contributed by atoms with Crippen LogP contribution in [0.15, 0.2) is 30.3 Å². The van der Waals surface area contributed by atoms with Gasteiger partial charge in [0.25, 0.3) is 0 Å². The van der Waals surface area contributed by atoms with Gasteiger partial charge in [0.15, 0.2) is 0 Å². The quantitative estimate of drug-likeness (QED) is 0.723. The Labute approximate surface area is 97.4 Å². The van der Waals surface area contributed by atoms with Crippen molar-refractivity contribution in [1.29, 1.82) is 0 Å². The first-order chi connectivity index (χ1) is 7.52. The van der Waals surface area contributed by atoms with Crippen molar-refractivity contribution in [3.8, 4) is 5.75 Å². The van der Waals surface area contributed by atoms with Gasteiger partial charge in [-0.25, -0.2) is 0 Å². The van der Waals surface area contributed by atoms with Crippen LogP contribution in [0.25, 0.3) is 0 Å². The zero-order chi connectivity index (χ0) is 12.0. The third kappa shape index (κ3) is 4.21. The number of aliphatic hydroxyl groups is 1. The van der Waals surface area contributed by atoms with Crippen molar-refractivity contribution in [2.75, 3.05) is 13.2 Å². The summed E-state index contributed by atoms with van der Waals surface area (Å²) in [6.07, 6.45) is -0.385. The highest BCUT2D eigenvalue weighted by Crippen LogP contribution is 2.09. The van der Waals surface area contributed by atoms with E-state index in [2.05, 4.69) is 5.32 Å². The molecule has 0 heterocycles. The van der Waals surface area contributed by atoms with Crippen LogP contribution >= 0.6 is 0 Å². The smallest absolute Gasteiger partial charge is 0.119 e. The molecule has 0 aliphatic carbocycles. The highest BCUT2D eigenvalue weighted by Gasteiger charge is 2.22. The van der Waals surface area contributed by atoms with E-state index in [0.29, 0.717) is 13.2 Å². The van der Waals surface area contributed by atoms with Gasteiger partial charge < -0.3 is 15.2 Å². The lowest BCUT2D eigenvalue weighted by atomic mass is 9.99. The fraction of sp³-hybridized carbons (Fsp3) is 0.538. The Morgan fingerprint density at radius 2 is 1.94 bits per heavy atom. The molecule has 1 aromatic carbocycles. The normalized spacial score (nSPS) is 13.5. The van der Waals surface area contributed by atoms with Crippen LogP contribution in [0.2, 0.25) is 0 Å². The summed E-state index contributed by atoms with van der Waals surface area (Å²) in [4.78, 5) is 0. The molecule has 3 heteroatoms. The molecule has 2 N–H and O–H groups in total. The maximum Gasteiger partial charge on any atom is 0.119 e. The summed E-state index contributed by atoms with van der Waals surface area (Å²) in [5.74, 6) is 0.874. The maximum atomic E-state index is 9.49. The Morgan fingerprint density at radius 1 is 1.31 bits per heavy atom. The summed E-state index contributed by atoms with van der Waals surface area (Å²) < 4.78 is 5.54. The first-order valence-electron chi connectivity index (χ1n) is 5.63. The van der Waals surface area contributed by atoms with Gasteiger partial charge in [-0.1, -0.05) is 18.2 Å². The number of hydrogen-bond acceptors (Lipinski definition) is 3. The molecule has 0 fully saturated rings. The predicted octanol–water partition coefficient (Wildman–Crippen LogP) is 1.81. The summed E-state index contributed by atoms with van der Waals surface area (Å²) in [6, 6.07) is 9.71. The van der Waals surface area contributed by atoms with E-state index in [0.717, 1.165) is 5.75 Å². The van der Waals surface area contributed by atoms with Gasteiger partial charge in [-0.3, -0.25) is 0 Å². The fourth-order valence-electron chi connectivity index (χ4n) is 1.21. The van der Waals surface area contributed by atoms with Gasteiger partial charge in [0.2, 0.25) is 0 Å². The molecule has 3 nitrogen and oxygen atoms in total. The van der Waals surface area contributed by atoms with E-state index >= 15 is 0 Å². The van der Waals surface area contributed by atoms with Crippen LogP contribution < -0.4 is 10.1 Å². The molecule has 0 bridgehead atoms. The SMILES string of the molecule is CC(O)C(C)(C)NCCOc1ccccc1. The van der Waals surface area contributed by atoms with E-state index in [1.807, 2.05) is 44.2 Å².